The van der Waals surface area contributed by atoms with Crippen molar-refractivity contribution in [1.82, 2.24) is 9.80 Å². The summed E-state index contributed by atoms with van der Waals surface area (Å²) in [7, 11) is 2.95. The SMILES string of the molecule is CC(=O)O.COc1cc(C(=N)N)ccc1CN(C(=O)OC(C)(C)C)C(=O)OC(C)(C)C.COc1cc(C(C)=N)ccc1CN(C(=O)OC(C)(C)C)C(=O)OC(C)(C)C. The Bertz CT molecular complexity index is 1600. The second-order valence-corrected chi connectivity index (χ2v) is 16.7. The maximum atomic E-state index is 12.6. The molecule has 0 spiro atoms. The highest BCUT2D eigenvalue weighted by Crippen LogP contribution is 2.26. The van der Waals surface area contributed by atoms with E-state index in [0.717, 1.165) is 16.7 Å². The van der Waals surface area contributed by atoms with Crippen molar-refractivity contribution >= 4 is 41.9 Å². The smallest absolute Gasteiger partial charge is 0.420 e. The van der Waals surface area contributed by atoms with Crippen molar-refractivity contribution in [3.63, 3.8) is 0 Å². The Labute approximate surface area is 342 Å². The molecule has 0 aromatic heterocycles. The van der Waals surface area contributed by atoms with Crippen molar-refractivity contribution in [2.45, 2.75) is 132 Å². The molecule has 2 rings (SSSR count). The van der Waals surface area contributed by atoms with Crippen molar-refractivity contribution < 1.29 is 57.5 Å². The van der Waals surface area contributed by atoms with E-state index in [2.05, 4.69) is 0 Å². The zero-order valence-electron chi connectivity index (χ0n) is 36.8. The first-order valence-electron chi connectivity index (χ1n) is 18.1. The third-order valence-corrected chi connectivity index (χ3v) is 6.43. The van der Waals surface area contributed by atoms with Crippen LogP contribution in [0.25, 0.3) is 0 Å². The predicted molar refractivity (Wildman–Crippen MR) is 219 cm³/mol. The molecular formula is C41H63N5O12. The minimum Gasteiger partial charge on any atom is -0.496 e. The molecule has 0 aliphatic rings. The molecule has 4 amide bonds. The zero-order valence-corrected chi connectivity index (χ0v) is 36.8. The molecule has 0 atom stereocenters. The summed E-state index contributed by atoms with van der Waals surface area (Å²) in [5, 5.41) is 22.7. The number of aliphatic carboxylic acids is 1. The molecule has 0 unspecified atom stereocenters. The number of hydrogen-bond acceptors (Lipinski definition) is 13. The number of rotatable bonds is 8. The van der Waals surface area contributed by atoms with E-state index in [0.29, 0.717) is 39.5 Å². The van der Waals surface area contributed by atoms with Gasteiger partial charge in [0.15, 0.2) is 0 Å². The van der Waals surface area contributed by atoms with Crippen LogP contribution in [0.3, 0.4) is 0 Å². The predicted octanol–water partition coefficient (Wildman–Crippen LogP) is 8.50. The Kier molecular flexibility index (Phi) is 19.4. The first-order chi connectivity index (χ1) is 26.2. The molecule has 0 heterocycles. The lowest BCUT2D eigenvalue weighted by molar-refractivity contribution is -0.134. The summed E-state index contributed by atoms with van der Waals surface area (Å²) in [6, 6.07) is 9.97. The summed E-state index contributed by atoms with van der Waals surface area (Å²) in [6.07, 6.45) is -3.25. The van der Waals surface area contributed by atoms with Gasteiger partial charge in [0.05, 0.1) is 27.3 Å². The first kappa shape index (κ1) is 52.1. The van der Waals surface area contributed by atoms with Gasteiger partial charge >= 0.3 is 24.4 Å². The van der Waals surface area contributed by atoms with Gasteiger partial charge in [-0.1, -0.05) is 24.3 Å². The fourth-order valence-electron chi connectivity index (χ4n) is 4.17. The molecule has 5 N–H and O–H groups in total. The molecule has 58 heavy (non-hydrogen) atoms. The number of amidine groups is 1. The van der Waals surface area contributed by atoms with Crippen molar-refractivity contribution in [3.05, 3.63) is 58.7 Å². The number of carboxylic acid groups (broad SMARTS) is 1. The highest BCUT2D eigenvalue weighted by molar-refractivity contribution is 5.97. The number of nitrogens with one attached hydrogen (secondary N) is 2. The molecule has 0 saturated carbocycles. The number of nitrogens with zero attached hydrogens (tertiary/aromatic N) is 2. The van der Waals surface area contributed by atoms with Gasteiger partial charge in [0.2, 0.25) is 0 Å². The van der Waals surface area contributed by atoms with E-state index in [1.807, 2.05) is 0 Å². The number of carboxylic acids is 1. The fourth-order valence-corrected chi connectivity index (χ4v) is 4.17. The summed E-state index contributed by atoms with van der Waals surface area (Å²) < 4.78 is 32.1. The molecule has 0 radical (unpaired) electrons. The lowest BCUT2D eigenvalue weighted by Crippen LogP contribution is -2.43. The zero-order chi connectivity index (χ0) is 45.6. The summed E-state index contributed by atoms with van der Waals surface area (Å²) >= 11 is 0. The third-order valence-electron chi connectivity index (χ3n) is 6.43. The number of benzene rings is 2. The number of imide groups is 2. The molecule has 2 aromatic rings. The number of methoxy groups -OCH3 is 2. The maximum Gasteiger partial charge on any atom is 0.420 e. The van der Waals surface area contributed by atoms with Crippen LogP contribution in [0.15, 0.2) is 36.4 Å². The van der Waals surface area contributed by atoms with Gasteiger partial charge in [-0.3, -0.25) is 10.2 Å². The van der Waals surface area contributed by atoms with Gasteiger partial charge in [-0.25, -0.2) is 29.0 Å². The number of nitrogen functional groups attached to an aromatic ring is 1. The minimum absolute atomic E-state index is 0.0790. The molecule has 324 valence electrons. The Morgan fingerprint density at radius 2 is 0.828 bits per heavy atom. The van der Waals surface area contributed by atoms with Gasteiger partial charge in [-0.15, -0.1) is 0 Å². The number of amides is 4. The van der Waals surface area contributed by atoms with Crippen molar-refractivity contribution in [1.29, 1.82) is 10.8 Å². The lowest BCUT2D eigenvalue weighted by Gasteiger charge is -2.29. The van der Waals surface area contributed by atoms with E-state index >= 15 is 0 Å². The highest BCUT2D eigenvalue weighted by atomic mass is 16.6. The molecule has 0 aliphatic carbocycles. The average molecular weight is 818 g/mol. The number of nitrogens with two attached hydrogens (primary N) is 1. The Morgan fingerprint density at radius 1 is 0.569 bits per heavy atom. The van der Waals surface area contributed by atoms with Gasteiger partial charge < -0.3 is 44.7 Å². The van der Waals surface area contributed by atoms with Crippen LogP contribution < -0.4 is 15.2 Å². The van der Waals surface area contributed by atoms with Gasteiger partial charge in [-0.05, 0) is 108 Å². The number of ether oxygens (including phenoxy) is 6. The minimum atomic E-state index is -0.833. The van der Waals surface area contributed by atoms with Crippen LogP contribution in [0.1, 0.15) is 119 Å². The summed E-state index contributed by atoms with van der Waals surface area (Å²) in [5.74, 6) is -0.0907. The first-order valence-corrected chi connectivity index (χ1v) is 18.1. The quantitative estimate of drug-likeness (QED) is 0.111. The van der Waals surface area contributed by atoms with Crippen molar-refractivity contribution in [3.8, 4) is 11.5 Å². The highest BCUT2D eigenvalue weighted by Gasteiger charge is 2.33. The average Bonchev–Trinajstić information content (AvgIpc) is 3.02. The molecule has 0 aliphatic heterocycles. The Balaban J connectivity index is 0.00000102. The van der Waals surface area contributed by atoms with Crippen LogP contribution in [-0.2, 0) is 36.8 Å². The van der Waals surface area contributed by atoms with E-state index in [1.54, 1.807) is 126 Å². The van der Waals surface area contributed by atoms with Crippen LogP contribution in [0.4, 0.5) is 19.2 Å². The third kappa shape index (κ3) is 20.9. The van der Waals surface area contributed by atoms with Gasteiger partial charge in [-0.2, -0.15) is 0 Å². The van der Waals surface area contributed by atoms with Crippen molar-refractivity contribution in [2.75, 3.05) is 14.2 Å². The van der Waals surface area contributed by atoms with Crippen molar-refractivity contribution in [2.24, 2.45) is 5.73 Å². The molecular weight excluding hydrogens is 754 g/mol. The van der Waals surface area contributed by atoms with E-state index in [-0.39, 0.29) is 18.9 Å². The van der Waals surface area contributed by atoms with E-state index in [4.69, 9.17) is 54.9 Å². The van der Waals surface area contributed by atoms with Crippen LogP contribution in [0.5, 0.6) is 11.5 Å². The van der Waals surface area contributed by atoms with E-state index in [9.17, 15) is 19.2 Å². The van der Waals surface area contributed by atoms with Crippen LogP contribution in [0, 0.1) is 10.8 Å². The molecule has 0 fully saturated rings. The molecule has 17 heteroatoms. The second-order valence-electron chi connectivity index (χ2n) is 16.7. The van der Waals surface area contributed by atoms with Gasteiger partial charge in [0.25, 0.3) is 5.97 Å². The van der Waals surface area contributed by atoms with E-state index < -0.39 is 52.7 Å². The van der Waals surface area contributed by atoms with Gasteiger partial charge in [0.1, 0.15) is 39.7 Å². The molecule has 2 aromatic carbocycles. The monoisotopic (exact) mass is 817 g/mol. The summed E-state index contributed by atoms with van der Waals surface area (Å²) in [4.78, 5) is 61.1. The van der Waals surface area contributed by atoms with Crippen LogP contribution >= 0.6 is 0 Å². The van der Waals surface area contributed by atoms with Gasteiger partial charge in [0, 0.05) is 29.3 Å². The maximum absolute atomic E-state index is 12.6. The van der Waals surface area contributed by atoms with Crippen LogP contribution in [-0.4, -0.2) is 93.4 Å². The molecule has 17 nitrogen and oxygen atoms in total. The molecule has 0 bridgehead atoms. The second kappa shape index (κ2) is 21.6. The topological polar surface area (TPSA) is 241 Å². The standard InChI is InChI=1S/C20H30N2O5.C19H29N3O5.C2H4O2/c1-13(21)14-9-10-15(16(11-14)25-8)12-22(17(23)26-19(2,3)4)18(24)27-20(5,6)7;1-18(2,3)26-16(23)22(17(24)27-19(4,5)6)11-13-9-8-12(15(20)21)10-14(13)25-7;1-2(3)4/h9-11,21H,12H2,1-8H3;8-10H,11H2,1-7H3,(H3,20,21);1H3,(H,3,4). The number of carbonyl (C=O) groups is 5. The largest absolute Gasteiger partial charge is 0.496 e. The normalized spacial score (nSPS) is 11.2. The molecule has 0 saturated heterocycles. The number of carbonyl (C=O) groups excluding carboxylic acids is 4. The number of hydrogen-bond donors (Lipinski definition) is 4. The fraction of sp³-hybridized carbons (Fsp3) is 0.537. The lowest BCUT2D eigenvalue weighted by atomic mass is 10.1. The Morgan fingerprint density at radius 3 is 1.05 bits per heavy atom. The van der Waals surface area contributed by atoms with Crippen LogP contribution in [0.2, 0.25) is 0 Å². The van der Waals surface area contributed by atoms with E-state index in [1.165, 1.54) is 14.2 Å². The summed E-state index contributed by atoms with van der Waals surface area (Å²) in [5.41, 5.74) is 5.10. The Hall–Kier alpha value is -5.87. The summed E-state index contributed by atoms with van der Waals surface area (Å²) in [6.45, 7) is 23.1.